The van der Waals surface area contributed by atoms with Crippen LogP contribution in [0.1, 0.15) is 213 Å². The standard InChI is InChI=1S/C51H88N2O7/c1-3-5-7-9-11-13-14-15-16-17-18-19-20-21-22-23-24-25-26-27-29-35-39-43-50(57)60-46(40-36-32-28-12-10-8-6-4-2)41-37-33-30-31-34-38-42-48(55)52-44-49(56)53-47(45-54)51(58)59/h6,8,12,14-15,17-18,28,36,40,46-47,54H,3-5,7,9-11,13,16,19-27,29-35,37-39,41-45H2,1-2H3,(H,52,55)(H,53,56)(H,58,59)/b8-6-,15-14-,18-17-,28-12-,40-36-. The minimum atomic E-state index is -1.39. The zero-order chi connectivity index (χ0) is 44.0. The Bertz CT molecular complexity index is 1190. The van der Waals surface area contributed by atoms with E-state index in [0.29, 0.717) is 19.3 Å². The molecular weight excluding hydrogens is 753 g/mol. The van der Waals surface area contributed by atoms with Gasteiger partial charge in [0.15, 0.2) is 0 Å². The summed E-state index contributed by atoms with van der Waals surface area (Å²) in [5.74, 6) is -2.36. The number of unbranched alkanes of at least 4 members (excludes halogenated alkanes) is 21. The van der Waals surface area contributed by atoms with Crippen LogP contribution in [0.2, 0.25) is 0 Å². The molecule has 0 aliphatic carbocycles. The third kappa shape index (κ3) is 41.3. The fourth-order valence-electron chi connectivity index (χ4n) is 6.80. The molecule has 0 saturated heterocycles. The molecule has 0 aliphatic heterocycles. The number of amides is 2. The van der Waals surface area contributed by atoms with Gasteiger partial charge >= 0.3 is 11.9 Å². The Morgan fingerprint density at radius 2 is 1.00 bits per heavy atom. The van der Waals surface area contributed by atoms with Gasteiger partial charge in [-0.3, -0.25) is 14.4 Å². The van der Waals surface area contributed by atoms with E-state index < -0.39 is 24.5 Å². The molecule has 0 radical (unpaired) electrons. The molecule has 0 spiro atoms. The molecule has 0 aromatic heterocycles. The first-order valence-electron chi connectivity index (χ1n) is 24.2. The lowest BCUT2D eigenvalue weighted by Crippen LogP contribution is -2.47. The minimum Gasteiger partial charge on any atom is -0.480 e. The van der Waals surface area contributed by atoms with Crippen molar-refractivity contribution in [1.29, 1.82) is 0 Å². The van der Waals surface area contributed by atoms with E-state index >= 15 is 0 Å². The number of hydrogen-bond donors (Lipinski definition) is 4. The SMILES string of the molecule is CC/C=C\C/C=C\C/C=C\C(CCCCCCCCC(=O)NCC(=O)NC(CO)C(=O)O)OC(=O)CCCCCCCCCCCCC/C=C\C/C=C\CCCCCCC. The van der Waals surface area contributed by atoms with Gasteiger partial charge in [0, 0.05) is 12.8 Å². The summed E-state index contributed by atoms with van der Waals surface area (Å²) in [5.41, 5.74) is 0. The van der Waals surface area contributed by atoms with Crippen LogP contribution in [0, 0.1) is 0 Å². The number of aliphatic hydroxyl groups is 1. The highest BCUT2D eigenvalue weighted by molar-refractivity contribution is 5.87. The van der Waals surface area contributed by atoms with Crippen LogP contribution in [0.5, 0.6) is 0 Å². The summed E-state index contributed by atoms with van der Waals surface area (Å²) in [7, 11) is 0. The van der Waals surface area contributed by atoms with Crippen LogP contribution in [0.15, 0.2) is 60.8 Å². The van der Waals surface area contributed by atoms with Crippen LogP contribution in [0.3, 0.4) is 0 Å². The maximum absolute atomic E-state index is 12.8. The number of nitrogens with one attached hydrogen (secondary N) is 2. The normalized spacial score (nSPS) is 13.0. The van der Waals surface area contributed by atoms with Gasteiger partial charge in [0.2, 0.25) is 11.8 Å². The molecule has 2 amide bonds. The smallest absolute Gasteiger partial charge is 0.328 e. The van der Waals surface area contributed by atoms with Crippen LogP contribution in [-0.2, 0) is 23.9 Å². The molecule has 344 valence electrons. The van der Waals surface area contributed by atoms with E-state index in [2.05, 4.69) is 79.2 Å². The van der Waals surface area contributed by atoms with E-state index in [1.165, 1.54) is 103 Å². The van der Waals surface area contributed by atoms with Crippen molar-refractivity contribution in [3.63, 3.8) is 0 Å². The number of hydrogen-bond acceptors (Lipinski definition) is 6. The van der Waals surface area contributed by atoms with Crippen LogP contribution in [0.25, 0.3) is 0 Å². The fraction of sp³-hybridized carbons (Fsp3) is 0.725. The van der Waals surface area contributed by atoms with Crippen molar-refractivity contribution in [2.24, 2.45) is 0 Å². The predicted octanol–water partition coefficient (Wildman–Crippen LogP) is 12.5. The Labute approximate surface area is 366 Å². The van der Waals surface area contributed by atoms with Gasteiger partial charge in [-0.2, -0.15) is 0 Å². The zero-order valence-corrected chi connectivity index (χ0v) is 38.2. The lowest BCUT2D eigenvalue weighted by Gasteiger charge is -2.15. The van der Waals surface area contributed by atoms with Gasteiger partial charge in [-0.1, -0.05) is 178 Å². The zero-order valence-electron chi connectivity index (χ0n) is 38.2. The minimum absolute atomic E-state index is 0.105. The summed E-state index contributed by atoms with van der Waals surface area (Å²) in [6, 6.07) is -1.39. The second-order valence-electron chi connectivity index (χ2n) is 16.2. The lowest BCUT2D eigenvalue weighted by atomic mass is 10.0. The number of carboxylic acids is 1. The fourth-order valence-corrected chi connectivity index (χ4v) is 6.80. The van der Waals surface area contributed by atoms with Crippen LogP contribution >= 0.6 is 0 Å². The van der Waals surface area contributed by atoms with Crippen molar-refractivity contribution < 1.29 is 34.1 Å². The average molecular weight is 841 g/mol. The Hall–Kier alpha value is -3.46. The molecule has 0 heterocycles. The molecule has 60 heavy (non-hydrogen) atoms. The van der Waals surface area contributed by atoms with Gasteiger partial charge in [0.1, 0.15) is 12.1 Å². The second kappa shape index (κ2) is 45.1. The third-order valence-electron chi connectivity index (χ3n) is 10.5. The van der Waals surface area contributed by atoms with Crippen molar-refractivity contribution in [2.45, 2.75) is 225 Å². The van der Waals surface area contributed by atoms with Crippen LogP contribution in [0.4, 0.5) is 0 Å². The number of carbonyl (C=O) groups is 4. The van der Waals surface area contributed by atoms with Gasteiger partial charge in [-0.15, -0.1) is 0 Å². The quantitative estimate of drug-likeness (QED) is 0.0272. The summed E-state index contributed by atoms with van der Waals surface area (Å²) in [5, 5.41) is 22.5. The first-order chi connectivity index (χ1) is 29.3. The van der Waals surface area contributed by atoms with Crippen molar-refractivity contribution in [1.82, 2.24) is 10.6 Å². The van der Waals surface area contributed by atoms with E-state index in [-0.39, 0.29) is 24.5 Å². The van der Waals surface area contributed by atoms with Crippen molar-refractivity contribution in [3.8, 4) is 0 Å². The van der Waals surface area contributed by atoms with E-state index in [0.717, 1.165) is 77.0 Å². The maximum Gasteiger partial charge on any atom is 0.328 e. The molecule has 9 nitrogen and oxygen atoms in total. The largest absolute Gasteiger partial charge is 0.480 e. The molecule has 0 rings (SSSR count). The molecule has 4 N–H and O–H groups in total. The maximum atomic E-state index is 12.8. The van der Waals surface area contributed by atoms with E-state index in [4.69, 9.17) is 14.9 Å². The number of aliphatic hydroxyl groups excluding tert-OH is 1. The monoisotopic (exact) mass is 841 g/mol. The number of aliphatic carboxylic acids is 1. The first-order valence-corrected chi connectivity index (χ1v) is 24.2. The Kier molecular flexibility index (Phi) is 42.5. The molecule has 0 aromatic rings. The van der Waals surface area contributed by atoms with E-state index in [9.17, 15) is 19.2 Å². The summed E-state index contributed by atoms with van der Waals surface area (Å²) in [4.78, 5) is 47.5. The molecule has 0 bridgehead atoms. The highest BCUT2D eigenvalue weighted by Crippen LogP contribution is 2.16. The number of carbonyl (C=O) groups excluding carboxylic acids is 3. The Balaban J connectivity index is 4.13. The average Bonchev–Trinajstić information content (AvgIpc) is 3.23. The molecule has 9 heteroatoms. The summed E-state index contributed by atoms with van der Waals surface area (Å²) >= 11 is 0. The summed E-state index contributed by atoms with van der Waals surface area (Å²) in [6.07, 6.45) is 55.8. The predicted molar refractivity (Wildman–Crippen MR) is 250 cm³/mol. The second-order valence-corrected chi connectivity index (χ2v) is 16.2. The molecule has 0 aromatic carbocycles. The van der Waals surface area contributed by atoms with E-state index in [1.807, 2.05) is 6.08 Å². The Morgan fingerprint density at radius 1 is 0.533 bits per heavy atom. The van der Waals surface area contributed by atoms with Gasteiger partial charge in [-0.05, 0) is 83.1 Å². The van der Waals surface area contributed by atoms with Gasteiger partial charge in [0.25, 0.3) is 0 Å². The van der Waals surface area contributed by atoms with Crippen molar-refractivity contribution in [3.05, 3.63) is 60.8 Å². The summed E-state index contributed by atoms with van der Waals surface area (Å²) in [6.45, 7) is 3.35. The topological polar surface area (TPSA) is 142 Å². The van der Waals surface area contributed by atoms with Crippen LogP contribution in [-0.4, -0.2) is 59.3 Å². The third-order valence-corrected chi connectivity index (χ3v) is 10.5. The molecule has 2 atom stereocenters. The highest BCUT2D eigenvalue weighted by atomic mass is 16.5. The summed E-state index contributed by atoms with van der Waals surface area (Å²) < 4.78 is 5.93. The molecule has 2 unspecified atom stereocenters. The highest BCUT2D eigenvalue weighted by Gasteiger charge is 2.18. The lowest BCUT2D eigenvalue weighted by molar-refractivity contribution is -0.147. The van der Waals surface area contributed by atoms with Crippen molar-refractivity contribution >= 4 is 23.8 Å². The molecule has 0 saturated carbocycles. The molecular formula is C51H88N2O7. The van der Waals surface area contributed by atoms with Gasteiger partial charge in [-0.25, -0.2) is 4.79 Å². The number of esters is 1. The number of rotatable bonds is 43. The van der Waals surface area contributed by atoms with Gasteiger partial charge < -0.3 is 25.6 Å². The van der Waals surface area contributed by atoms with Crippen molar-refractivity contribution in [2.75, 3.05) is 13.2 Å². The first kappa shape index (κ1) is 56.5. The van der Waals surface area contributed by atoms with E-state index in [1.54, 1.807) is 0 Å². The molecule has 0 aliphatic rings. The number of ether oxygens (including phenoxy) is 1. The number of allylic oxidation sites excluding steroid dienone is 9. The Morgan fingerprint density at radius 3 is 1.53 bits per heavy atom. The van der Waals surface area contributed by atoms with Crippen LogP contribution < -0.4 is 10.6 Å². The number of carboxylic acid groups (broad SMARTS) is 1. The molecule has 0 fully saturated rings. The van der Waals surface area contributed by atoms with Gasteiger partial charge in [0.05, 0.1) is 13.2 Å².